The first-order chi connectivity index (χ1) is 18.4. The van der Waals surface area contributed by atoms with E-state index < -0.39 is 0 Å². The van der Waals surface area contributed by atoms with E-state index >= 15 is 0 Å². The number of piperidine rings is 1. The molecule has 5 rings (SSSR count). The van der Waals surface area contributed by atoms with E-state index in [1.807, 2.05) is 48.2 Å². The van der Waals surface area contributed by atoms with Crippen molar-refractivity contribution in [2.24, 2.45) is 5.92 Å². The van der Waals surface area contributed by atoms with Crippen LogP contribution in [0.2, 0.25) is 0 Å². The molecule has 0 aliphatic carbocycles. The first-order valence-corrected chi connectivity index (χ1v) is 12.9. The second kappa shape index (κ2) is 11.2. The van der Waals surface area contributed by atoms with Gasteiger partial charge in [0.15, 0.2) is 11.5 Å². The largest absolute Gasteiger partial charge is 0.493 e. The van der Waals surface area contributed by atoms with Gasteiger partial charge in [-0.2, -0.15) is 4.98 Å². The molecule has 2 aromatic carbocycles. The maximum absolute atomic E-state index is 12.9. The molecule has 1 N–H and O–H groups in total. The Bertz CT molecular complexity index is 1310. The van der Waals surface area contributed by atoms with E-state index in [1.54, 1.807) is 14.2 Å². The number of carbonyl (C=O) groups excluding carboxylic acids is 2. The normalized spacial score (nSPS) is 16.6. The van der Waals surface area contributed by atoms with Crippen LogP contribution in [0.15, 0.2) is 40.9 Å². The Balaban J connectivity index is 1.13. The quantitative estimate of drug-likeness (QED) is 0.475. The van der Waals surface area contributed by atoms with Crippen molar-refractivity contribution >= 4 is 23.2 Å². The molecule has 10 nitrogen and oxygen atoms in total. The topological polar surface area (TPSA) is 110 Å². The van der Waals surface area contributed by atoms with Crippen LogP contribution in [0, 0.1) is 12.8 Å². The lowest BCUT2D eigenvalue weighted by Crippen LogP contribution is -2.37. The average molecular weight is 520 g/mol. The van der Waals surface area contributed by atoms with Crippen molar-refractivity contribution in [1.82, 2.24) is 15.0 Å². The lowest BCUT2D eigenvalue weighted by atomic mass is 9.95. The molecule has 2 aliphatic rings. The number of methoxy groups -OCH3 is 2. The Labute approximate surface area is 221 Å². The van der Waals surface area contributed by atoms with Crippen molar-refractivity contribution in [2.45, 2.75) is 39.2 Å². The molecule has 2 saturated heterocycles. The zero-order chi connectivity index (χ0) is 26.6. The second-order valence-electron chi connectivity index (χ2n) is 9.77. The molecule has 3 aromatic rings. The number of likely N-dealkylation sites (tertiary alicyclic amines) is 1. The van der Waals surface area contributed by atoms with Crippen LogP contribution in [0.5, 0.6) is 11.5 Å². The number of rotatable bonds is 8. The number of carbonyl (C=O) groups is 2. The highest BCUT2D eigenvalue weighted by Crippen LogP contribution is 2.32. The molecule has 0 spiro atoms. The fourth-order valence-corrected chi connectivity index (χ4v) is 5.14. The van der Waals surface area contributed by atoms with E-state index in [-0.39, 0.29) is 17.7 Å². The van der Waals surface area contributed by atoms with Gasteiger partial charge in [-0.25, -0.2) is 0 Å². The van der Waals surface area contributed by atoms with E-state index in [2.05, 4.69) is 20.4 Å². The molecular formula is C28H33N5O5. The summed E-state index contributed by atoms with van der Waals surface area (Å²) in [6.45, 7) is 4.79. The first kappa shape index (κ1) is 25.7. The molecule has 2 fully saturated rings. The molecular weight excluding hydrogens is 486 g/mol. The molecule has 2 aliphatic heterocycles. The predicted octanol–water partition coefficient (Wildman–Crippen LogP) is 4.04. The summed E-state index contributed by atoms with van der Waals surface area (Å²) in [6.07, 6.45) is 2.99. The molecule has 38 heavy (non-hydrogen) atoms. The van der Waals surface area contributed by atoms with E-state index in [4.69, 9.17) is 14.0 Å². The molecule has 0 unspecified atom stereocenters. The van der Waals surface area contributed by atoms with Gasteiger partial charge in [-0.05, 0) is 81.2 Å². The highest BCUT2D eigenvalue weighted by molar-refractivity contribution is 5.97. The maximum atomic E-state index is 12.9. The fourth-order valence-electron chi connectivity index (χ4n) is 5.14. The summed E-state index contributed by atoms with van der Waals surface area (Å²) in [6, 6.07) is 11.2. The Morgan fingerprint density at radius 1 is 1.08 bits per heavy atom. The van der Waals surface area contributed by atoms with Gasteiger partial charge in [0.25, 0.3) is 0 Å². The van der Waals surface area contributed by atoms with Crippen LogP contribution in [-0.2, 0) is 16.1 Å². The monoisotopic (exact) mass is 519 g/mol. The number of hydrogen-bond donors (Lipinski definition) is 1. The Hall–Kier alpha value is -3.92. The summed E-state index contributed by atoms with van der Waals surface area (Å²) >= 11 is 0. The minimum Gasteiger partial charge on any atom is -0.493 e. The van der Waals surface area contributed by atoms with Crippen LogP contribution >= 0.6 is 0 Å². The maximum Gasteiger partial charge on any atom is 0.241 e. The van der Waals surface area contributed by atoms with Crippen LogP contribution in [0.4, 0.5) is 11.4 Å². The van der Waals surface area contributed by atoms with Crippen molar-refractivity contribution in [1.29, 1.82) is 0 Å². The van der Waals surface area contributed by atoms with Crippen LogP contribution < -0.4 is 19.7 Å². The molecule has 10 heteroatoms. The number of nitrogens with zero attached hydrogens (tertiary/aromatic N) is 4. The van der Waals surface area contributed by atoms with Crippen molar-refractivity contribution in [3.8, 4) is 22.9 Å². The van der Waals surface area contributed by atoms with E-state index in [1.165, 1.54) is 0 Å². The second-order valence-corrected chi connectivity index (χ2v) is 9.77. The van der Waals surface area contributed by atoms with Crippen molar-refractivity contribution in [2.75, 3.05) is 44.1 Å². The number of benzene rings is 2. The molecule has 2 amide bonds. The van der Waals surface area contributed by atoms with Gasteiger partial charge < -0.3 is 24.2 Å². The lowest BCUT2D eigenvalue weighted by Gasteiger charge is -2.30. The third-order valence-electron chi connectivity index (χ3n) is 7.26. The molecule has 0 radical (unpaired) electrons. The summed E-state index contributed by atoms with van der Waals surface area (Å²) in [5.41, 5.74) is 3.45. The van der Waals surface area contributed by atoms with Crippen molar-refractivity contribution in [3.63, 3.8) is 0 Å². The molecule has 1 aromatic heterocycles. The first-order valence-electron chi connectivity index (χ1n) is 12.9. The summed E-state index contributed by atoms with van der Waals surface area (Å²) in [7, 11) is 3.18. The highest BCUT2D eigenvalue weighted by atomic mass is 16.5. The standard InChI is InChI=1S/C28H33N5O5/c1-18-15-21(7-8-22(18)33-12-4-5-26(33)34)29-28(35)19-10-13-32(14-11-19)17-25-30-27(31-38-25)20-6-9-23(36-2)24(16-20)37-3/h6-9,15-16,19H,4-5,10-14,17H2,1-3H3,(H,29,35). The zero-order valence-corrected chi connectivity index (χ0v) is 22.0. The molecule has 0 saturated carbocycles. The van der Waals surface area contributed by atoms with Crippen LogP contribution in [0.1, 0.15) is 37.1 Å². The smallest absolute Gasteiger partial charge is 0.241 e. The van der Waals surface area contributed by atoms with Crippen LogP contribution in [0.25, 0.3) is 11.4 Å². The van der Waals surface area contributed by atoms with Gasteiger partial charge >= 0.3 is 0 Å². The highest BCUT2D eigenvalue weighted by Gasteiger charge is 2.27. The minimum atomic E-state index is -0.0589. The Morgan fingerprint density at radius 3 is 2.55 bits per heavy atom. The number of aryl methyl sites for hydroxylation is 1. The third kappa shape index (κ3) is 5.50. The van der Waals surface area contributed by atoms with Gasteiger partial charge in [0.2, 0.25) is 23.5 Å². The summed E-state index contributed by atoms with van der Waals surface area (Å²) < 4.78 is 16.1. The van der Waals surface area contributed by atoms with Crippen LogP contribution in [0.3, 0.4) is 0 Å². The fraction of sp³-hybridized carbons (Fsp3) is 0.429. The lowest BCUT2D eigenvalue weighted by molar-refractivity contribution is -0.121. The number of anilines is 2. The van der Waals surface area contributed by atoms with Gasteiger partial charge in [-0.3, -0.25) is 14.5 Å². The Kier molecular flexibility index (Phi) is 7.59. The molecule has 200 valence electrons. The number of hydrogen-bond acceptors (Lipinski definition) is 8. The van der Waals surface area contributed by atoms with Gasteiger partial charge in [0.1, 0.15) is 0 Å². The van der Waals surface area contributed by atoms with E-state index in [0.717, 1.165) is 61.4 Å². The molecule has 0 atom stereocenters. The third-order valence-corrected chi connectivity index (χ3v) is 7.26. The van der Waals surface area contributed by atoms with Gasteiger partial charge in [0, 0.05) is 35.8 Å². The summed E-state index contributed by atoms with van der Waals surface area (Å²) in [4.78, 5) is 33.6. The molecule has 3 heterocycles. The zero-order valence-electron chi connectivity index (χ0n) is 22.0. The van der Waals surface area contributed by atoms with E-state index in [0.29, 0.717) is 36.2 Å². The van der Waals surface area contributed by atoms with Gasteiger partial charge in [-0.1, -0.05) is 5.16 Å². The summed E-state index contributed by atoms with van der Waals surface area (Å²) in [5.74, 6) is 2.39. The SMILES string of the molecule is COc1ccc(-c2noc(CN3CCC(C(=O)Nc4ccc(N5CCCC5=O)c(C)c4)CC3)n2)cc1OC. The number of amides is 2. The number of ether oxygens (including phenoxy) is 2. The number of nitrogens with one attached hydrogen (secondary N) is 1. The van der Waals surface area contributed by atoms with Crippen LogP contribution in [-0.4, -0.2) is 60.7 Å². The number of aromatic nitrogens is 2. The van der Waals surface area contributed by atoms with E-state index in [9.17, 15) is 9.59 Å². The predicted molar refractivity (Wildman–Crippen MR) is 142 cm³/mol. The van der Waals surface area contributed by atoms with Crippen molar-refractivity contribution < 1.29 is 23.6 Å². The van der Waals surface area contributed by atoms with Crippen molar-refractivity contribution in [3.05, 3.63) is 47.9 Å². The minimum absolute atomic E-state index is 0.0302. The average Bonchev–Trinajstić information content (AvgIpc) is 3.57. The Morgan fingerprint density at radius 2 is 1.87 bits per heavy atom. The molecule has 0 bridgehead atoms. The van der Waals surface area contributed by atoms with Gasteiger partial charge in [-0.15, -0.1) is 0 Å². The summed E-state index contributed by atoms with van der Waals surface area (Å²) in [5, 5.41) is 7.18. The van der Waals surface area contributed by atoms with Gasteiger partial charge in [0.05, 0.1) is 20.8 Å².